The number of hydrogen-bond acceptors (Lipinski definition) is 5. The van der Waals surface area contributed by atoms with Crippen LogP contribution in [0.5, 0.6) is 5.88 Å². The molecule has 22 heavy (non-hydrogen) atoms. The Morgan fingerprint density at radius 1 is 1.41 bits per heavy atom. The van der Waals surface area contributed by atoms with Crippen LogP contribution in [0.2, 0.25) is 0 Å². The minimum absolute atomic E-state index is 0.0217. The zero-order valence-corrected chi connectivity index (χ0v) is 11.7. The smallest absolute Gasteiger partial charge is 0.359 e. The van der Waals surface area contributed by atoms with Crippen LogP contribution >= 0.6 is 0 Å². The Morgan fingerprint density at radius 3 is 2.77 bits per heavy atom. The van der Waals surface area contributed by atoms with Gasteiger partial charge in [0.25, 0.3) is 5.88 Å². The maximum absolute atomic E-state index is 10.9. The third-order valence-electron chi connectivity index (χ3n) is 3.81. The largest absolute Gasteiger partial charge is 0.476 e. The fraction of sp³-hybridized carbons (Fsp3) is 0.333. The summed E-state index contributed by atoms with van der Waals surface area (Å²) in [4.78, 5) is 10.9. The Bertz CT molecular complexity index is 711. The first-order valence-electron chi connectivity index (χ1n) is 6.95. The molecule has 2 N–H and O–H groups in total. The van der Waals surface area contributed by atoms with E-state index < -0.39 is 5.97 Å². The van der Waals surface area contributed by atoms with Crippen LogP contribution in [-0.4, -0.2) is 32.6 Å². The molecule has 3 rings (SSSR count). The molecule has 0 spiro atoms. The highest BCUT2D eigenvalue weighted by molar-refractivity contribution is 5.87. The van der Waals surface area contributed by atoms with Gasteiger partial charge in [-0.1, -0.05) is 22.4 Å². The van der Waals surface area contributed by atoms with Crippen molar-refractivity contribution in [1.82, 2.24) is 15.4 Å². The monoisotopic (exact) mass is 298 g/mol. The van der Waals surface area contributed by atoms with Crippen molar-refractivity contribution in [3.63, 3.8) is 0 Å². The van der Waals surface area contributed by atoms with Gasteiger partial charge in [0.2, 0.25) is 5.69 Å². The van der Waals surface area contributed by atoms with Crippen molar-refractivity contribution >= 4 is 5.97 Å². The molecule has 1 fully saturated rings. The Morgan fingerprint density at radius 2 is 2.14 bits per heavy atom. The van der Waals surface area contributed by atoms with Gasteiger partial charge in [0.05, 0.1) is 11.6 Å². The number of aromatic nitrogens is 3. The highest BCUT2D eigenvalue weighted by atomic mass is 16.5. The maximum atomic E-state index is 10.9. The van der Waals surface area contributed by atoms with Gasteiger partial charge in [-0.2, -0.15) is 5.26 Å². The number of nitrogens with zero attached hydrogens (tertiary/aromatic N) is 3. The van der Waals surface area contributed by atoms with Crippen LogP contribution in [0.4, 0.5) is 0 Å². The predicted molar refractivity (Wildman–Crippen MR) is 75.3 cm³/mol. The fourth-order valence-electron chi connectivity index (χ4n) is 2.58. The zero-order chi connectivity index (χ0) is 15.5. The molecular weight excluding hydrogens is 284 g/mol. The summed E-state index contributed by atoms with van der Waals surface area (Å²) in [7, 11) is 0. The van der Waals surface area contributed by atoms with Crippen molar-refractivity contribution in [3.8, 4) is 11.9 Å². The van der Waals surface area contributed by atoms with Crippen LogP contribution in [0, 0.1) is 17.2 Å². The first-order valence-corrected chi connectivity index (χ1v) is 6.95. The minimum Gasteiger partial charge on any atom is -0.476 e. The van der Waals surface area contributed by atoms with Crippen molar-refractivity contribution in [2.24, 2.45) is 5.92 Å². The van der Waals surface area contributed by atoms with Gasteiger partial charge in [-0.25, -0.2) is 9.89 Å². The number of carboxylic acid groups (broad SMARTS) is 1. The van der Waals surface area contributed by atoms with Crippen LogP contribution in [0.15, 0.2) is 24.3 Å². The summed E-state index contributed by atoms with van der Waals surface area (Å²) in [6, 6.07) is 9.66. The Balaban J connectivity index is 1.50. The van der Waals surface area contributed by atoms with E-state index in [2.05, 4.69) is 21.5 Å². The number of H-pyrrole nitrogens is 1. The van der Waals surface area contributed by atoms with E-state index in [1.807, 2.05) is 24.3 Å². The van der Waals surface area contributed by atoms with E-state index in [0.29, 0.717) is 11.5 Å². The molecule has 7 nitrogen and oxygen atoms in total. The first kappa shape index (κ1) is 14.1. The lowest BCUT2D eigenvalue weighted by Gasteiger charge is -2.34. The summed E-state index contributed by atoms with van der Waals surface area (Å²) in [5.74, 6) is -0.583. The Hall–Kier alpha value is -2.88. The first-order chi connectivity index (χ1) is 10.7. The van der Waals surface area contributed by atoms with Gasteiger partial charge in [0, 0.05) is 0 Å². The molecule has 1 aromatic carbocycles. The highest BCUT2D eigenvalue weighted by Gasteiger charge is 2.32. The third kappa shape index (κ3) is 2.91. The van der Waals surface area contributed by atoms with Crippen LogP contribution in [-0.2, 0) is 6.42 Å². The number of aromatic carboxylic acids is 1. The van der Waals surface area contributed by atoms with Crippen LogP contribution in [0.1, 0.15) is 34.5 Å². The van der Waals surface area contributed by atoms with Gasteiger partial charge in [-0.15, -0.1) is 0 Å². The number of nitrogens with one attached hydrogen (secondary N) is 1. The second-order valence-electron chi connectivity index (χ2n) is 5.39. The molecule has 0 saturated heterocycles. The van der Waals surface area contributed by atoms with E-state index in [-0.39, 0.29) is 17.7 Å². The normalized spacial score (nSPS) is 20.0. The van der Waals surface area contributed by atoms with E-state index in [4.69, 9.17) is 15.1 Å². The molecule has 0 bridgehead atoms. The van der Waals surface area contributed by atoms with Crippen molar-refractivity contribution in [1.29, 1.82) is 5.26 Å². The van der Waals surface area contributed by atoms with E-state index in [0.717, 1.165) is 19.3 Å². The number of carbonyl (C=O) groups is 1. The van der Waals surface area contributed by atoms with Crippen molar-refractivity contribution in [2.45, 2.75) is 25.4 Å². The lowest BCUT2D eigenvalue weighted by atomic mass is 9.78. The number of carboxylic acids is 1. The topological polar surface area (TPSA) is 112 Å². The molecule has 112 valence electrons. The van der Waals surface area contributed by atoms with Crippen LogP contribution in [0.3, 0.4) is 0 Å². The number of aromatic amines is 1. The van der Waals surface area contributed by atoms with Gasteiger partial charge in [-0.3, -0.25) is 0 Å². The summed E-state index contributed by atoms with van der Waals surface area (Å²) >= 11 is 0. The molecule has 0 aliphatic heterocycles. The maximum Gasteiger partial charge on any atom is 0.359 e. The lowest BCUT2D eigenvalue weighted by molar-refractivity contribution is 0.0556. The highest BCUT2D eigenvalue weighted by Crippen LogP contribution is 2.33. The number of benzene rings is 1. The van der Waals surface area contributed by atoms with Gasteiger partial charge in [0.15, 0.2) is 0 Å². The summed E-state index contributed by atoms with van der Waals surface area (Å²) in [5, 5.41) is 27.1. The average Bonchev–Trinajstić information content (AvgIpc) is 2.94. The molecule has 1 heterocycles. The summed E-state index contributed by atoms with van der Waals surface area (Å²) < 4.78 is 5.56. The number of hydrogen-bond donors (Lipinski definition) is 2. The zero-order valence-electron chi connectivity index (χ0n) is 11.7. The van der Waals surface area contributed by atoms with Gasteiger partial charge in [0.1, 0.15) is 6.10 Å². The van der Waals surface area contributed by atoms with E-state index in [1.54, 1.807) is 0 Å². The second-order valence-corrected chi connectivity index (χ2v) is 5.39. The predicted octanol–water partition coefficient (Wildman–Crippen LogP) is 1.77. The quantitative estimate of drug-likeness (QED) is 0.870. The molecule has 1 aliphatic carbocycles. The van der Waals surface area contributed by atoms with E-state index in [9.17, 15) is 4.79 Å². The van der Waals surface area contributed by atoms with Crippen molar-refractivity contribution in [3.05, 3.63) is 41.1 Å². The molecule has 1 saturated carbocycles. The molecule has 1 aromatic heterocycles. The Kier molecular flexibility index (Phi) is 3.74. The van der Waals surface area contributed by atoms with Crippen LogP contribution < -0.4 is 4.74 Å². The SMILES string of the molecule is N#Cc1ccc(CC2CC(Oc3nn[nH]c3C(=O)O)C2)cc1. The summed E-state index contributed by atoms with van der Waals surface area (Å²) in [6.45, 7) is 0. The third-order valence-corrected chi connectivity index (χ3v) is 3.81. The number of nitriles is 1. The molecule has 2 aromatic rings. The minimum atomic E-state index is -1.13. The van der Waals surface area contributed by atoms with Crippen LogP contribution in [0.25, 0.3) is 0 Å². The second kappa shape index (κ2) is 5.85. The van der Waals surface area contributed by atoms with E-state index >= 15 is 0 Å². The number of rotatable bonds is 5. The van der Waals surface area contributed by atoms with Gasteiger partial charge in [-0.05, 0) is 42.9 Å². The van der Waals surface area contributed by atoms with Gasteiger partial charge < -0.3 is 9.84 Å². The molecule has 7 heteroatoms. The molecule has 1 aliphatic rings. The Labute approximate surface area is 126 Å². The van der Waals surface area contributed by atoms with Crippen molar-refractivity contribution in [2.75, 3.05) is 0 Å². The average molecular weight is 298 g/mol. The molecule has 0 radical (unpaired) electrons. The lowest BCUT2D eigenvalue weighted by Crippen LogP contribution is -2.35. The van der Waals surface area contributed by atoms with Gasteiger partial charge >= 0.3 is 5.97 Å². The summed E-state index contributed by atoms with van der Waals surface area (Å²) in [5.41, 5.74) is 1.73. The molecular formula is C15H14N4O3. The molecule has 0 atom stereocenters. The molecule has 0 unspecified atom stereocenters. The fourth-order valence-corrected chi connectivity index (χ4v) is 2.58. The van der Waals surface area contributed by atoms with Crippen molar-refractivity contribution < 1.29 is 14.6 Å². The number of ether oxygens (including phenoxy) is 1. The standard InChI is InChI=1S/C15H14N4O3/c16-8-10-3-1-9(2-4-10)5-11-6-12(7-11)22-14-13(15(20)21)17-19-18-14/h1-4,11-12H,5-7H2,(H,20,21)(H,17,18,19). The molecule has 0 amide bonds. The van der Waals surface area contributed by atoms with E-state index in [1.165, 1.54) is 5.56 Å². The summed E-state index contributed by atoms with van der Waals surface area (Å²) in [6.07, 6.45) is 2.61.